The van der Waals surface area contributed by atoms with Crippen molar-refractivity contribution in [3.8, 4) is 0 Å². The van der Waals surface area contributed by atoms with E-state index in [2.05, 4.69) is 29.6 Å². The Bertz CT molecular complexity index is 318. The van der Waals surface area contributed by atoms with E-state index in [1.165, 1.54) is 24.0 Å². The van der Waals surface area contributed by atoms with Crippen LogP contribution in [0.25, 0.3) is 0 Å². The maximum Gasteiger partial charge on any atom is 0.0897 e. The number of halogens is 1. The van der Waals surface area contributed by atoms with Crippen LogP contribution in [0.15, 0.2) is 24.3 Å². The number of hydrogen-bond donors (Lipinski definition) is 1. The van der Waals surface area contributed by atoms with Crippen LogP contribution in [-0.4, -0.2) is 19.8 Å². The molecule has 2 heteroatoms. The number of nitrogens with one attached hydrogen (secondary N) is 1. The van der Waals surface area contributed by atoms with Crippen LogP contribution in [0.4, 0.5) is 4.39 Å². The molecule has 0 aromatic heterocycles. The second-order valence-corrected chi connectivity index (χ2v) is 4.56. The molecule has 1 aromatic carbocycles. The highest BCUT2D eigenvalue weighted by Crippen LogP contribution is 2.25. The Morgan fingerprint density at radius 2 is 2.06 bits per heavy atom. The molecule has 0 bridgehead atoms. The highest BCUT2D eigenvalue weighted by molar-refractivity contribution is 5.27. The molecule has 1 aromatic rings. The second-order valence-electron chi connectivity index (χ2n) is 4.56. The largest absolute Gasteiger partial charge is 0.317 e. The maximum atomic E-state index is 12.1. The van der Waals surface area contributed by atoms with Gasteiger partial charge in [-0.2, -0.15) is 0 Å². The first-order chi connectivity index (χ1) is 7.90. The van der Waals surface area contributed by atoms with E-state index in [0.717, 1.165) is 19.5 Å². The molecule has 0 aliphatic carbocycles. The van der Waals surface area contributed by atoms with E-state index in [0.29, 0.717) is 12.3 Å². The van der Waals surface area contributed by atoms with Crippen LogP contribution in [0.2, 0.25) is 0 Å². The molecule has 0 saturated carbocycles. The van der Waals surface area contributed by atoms with Crippen molar-refractivity contribution in [1.82, 2.24) is 5.32 Å². The summed E-state index contributed by atoms with van der Waals surface area (Å²) in [5.41, 5.74) is 2.73. The maximum absolute atomic E-state index is 12.1. The summed E-state index contributed by atoms with van der Waals surface area (Å²) < 4.78 is 12.1. The Hall–Kier alpha value is -0.890. The van der Waals surface area contributed by atoms with Crippen molar-refractivity contribution >= 4 is 0 Å². The molecule has 0 radical (unpaired) electrons. The molecule has 1 fully saturated rings. The average Bonchev–Trinajstić information content (AvgIpc) is 2.38. The van der Waals surface area contributed by atoms with E-state index >= 15 is 0 Å². The molecule has 0 spiro atoms. The molecule has 0 amide bonds. The first-order valence-corrected chi connectivity index (χ1v) is 6.25. The van der Waals surface area contributed by atoms with Crippen molar-refractivity contribution in [1.29, 1.82) is 0 Å². The van der Waals surface area contributed by atoms with Crippen LogP contribution in [0.1, 0.15) is 36.3 Å². The number of aryl methyl sites for hydroxylation is 1. The third-order valence-electron chi connectivity index (χ3n) is 3.36. The van der Waals surface area contributed by atoms with Gasteiger partial charge in [0.25, 0.3) is 0 Å². The quantitative estimate of drug-likeness (QED) is 0.824. The molecule has 1 aliphatic heterocycles. The van der Waals surface area contributed by atoms with Crippen LogP contribution in [0.5, 0.6) is 0 Å². The van der Waals surface area contributed by atoms with Gasteiger partial charge in [-0.25, -0.2) is 0 Å². The number of hydrogen-bond acceptors (Lipinski definition) is 1. The average molecular weight is 221 g/mol. The molecule has 1 heterocycles. The molecular formula is C14H20FN. The summed E-state index contributed by atoms with van der Waals surface area (Å²) in [7, 11) is 0. The second kappa shape index (κ2) is 6.00. The predicted octanol–water partition coefficient (Wildman–Crippen LogP) is 3.06. The van der Waals surface area contributed by atoms with Crippen LogP contribution in [0, 0.1) is 0 Å². The van der Waals surface area contributed by atoms with Gasteiger partial charge in [-0.3, -0.25) is 4.39 Å². The van der Waals surface area contributed by atoms with Crippen molar-refractivity contribution in [3.63, 3.8) is 0 Å². The fourth-order valence-corrected chi connectivity index (χ4v) is 2.43. The number of piperidine rings is 1. The fraction of sp³-hybridized carbons (Fsp3) is 0.571. The zero-order chi connectivity index (χ0) is 11.2. The minimum Gasteiger partial charge on any atom is -0.317 e. The summed E-state index contributed by atoms with van der Waals surface area (Å²) in [5, 5.41) is 3.38. The number of alkyl halides is 1. The monoisotopic (exact) mass is 221 g/mol. The van der Waals surface area contributed by atoms with E-state index in [1.807, 2.05) is 0 Å². The van der Waals surface area contributed by atoms with Gasteiger partial charge in [0.1, 0.15) is 0 Å². The molecule has 2 rings (SSSR count). The van der Waals surface area contributed by atoms with Crippen LogP contribution in [-0.2, 0) is 6.42 Å². The van der Waals surface area contributed by atoms with E-state index in [9.17, 15) is 4.39 Å². The SMILES string of the molecule is FCCCc1cccc(C2CCNCC2)c1. The normalized spacial score (nSPS) is 17.6. The van der Waals surface area contributed by atoms with Gasteiger partial charge in [-0.05, 0) is 55.8 Å². The third kappa shape index (κ3) is 3.05. The summed E-state index contributed by atoms with van der Waals surface area (Å²) in [5.74, 6) is 0.701. The Labute approximate surface area is 97.1 Å². The predicted molar refractivity (Wildman–Crippen MR) is 65.6 cm³/mol. The number of benzene rings is 1. The van der Waals surface area contributed by atoms with Crippen molar-refractivity contribution in [2.24, 2.45) is 0 Å². The van der Waals surface area contributed by atoms with E-state index in [4.69, 9.17) is 0 Å². The molecule has 16 heavy (non-hydrogen) atoms. The fourth-order valence-electron chi connectivity index (χ4n) is 2.43. The molecule has 1 nitrogen and oxygen atoms in total. The first-order valence-electron chi connectivity index (χ1n) is 6.25. The summed E-state index contributed by atoms with van der Waals surface area (Å²) >= 11 is 0. The Balaban J connectivity index is 2.02. The molecule has 1 saturated heterocycles. The Morgan fingerprint density at radius 1 is 1.25 bits per heavy atom. The lowest BCUT2D eigenvalue weighted by Crippen LogP contribution is -2.26. The van der Waals surface area contributed by atoms with Gasteiger partial charge < -0.3 is 5.32 Å². The topological polar surface area (TPSA) is 12.0 Å². The third-order valence-corrected chi connectivity index (χ3v) is 3.36. The molecule has 88 valence electrons. The first kappa shape index (κ1) is 11.6. The number of rotatable bonds is 4. The molecular weight excluding hydrogens is 201 g/mol. The van der Waals surface area contributed by atoms with Gasteiger partial charge in [0.15, 0.2) is 0 Å². The minimum absolute atomic E-state index is 0.211. The molecule has 1 aliphatic rings. The highest BCUT2D eigenvalue weighted by Gasteiger charge is 2.14. The lowest BCUT2D eigenvalue weighted by molar-refractivity contribution is 0.459. The summed E-state index contributed by atoms with van der Waals surface area (Å²) in [6.07, 6.45) is 3.98. The molecule has 0 unspecified atom stereocenters. The molecule has 1 N–H and O–H groups in total. The summed E-state index contributed by atoms with van der Waals surface area (Å²) in [6, 6.07) is 8.71. The molecule has 0 atom stereocenters. The Kier molecular flexibility index (Phi) is 4.34. The van der Waals surface area contributed by atoms with E-state index in [-0.39, 0.29) is 6.67 Å². The zero-order valence-corrected chi connectivity index (χ0v) is 9.71. The van der Waals surface area contributed by atoms with E-state index < -0.39 is 0 Å². The standard InChI is InChI=1S/C14H20FN/c15-8-2-4-12-3-1-5-14(11-12)13-6-9-16-10-7-13/h1,3,5,11,13,16H,2,4,6-10H2. The highest BCUT2D eigenvalue weighted by atomic mass is 19.1. The van der Waals surface area contributed by atoms with Gasteiger partial charge in [-0.15, -0.1) is 0 Å². The van der Waals surface area contributed by atoms with Crippen molar-refractivity contribution < 1.29 is 4.39 Å². The van der Waals surface area contributed by atoms with Gasteiger partial charge in [0, 0.05) is 0 Å². The van der Waals surface area contributed by atoms with Crippen molar-refractivity contribution in [2.75, 3.05) is 19.8 Å². The van der Waals surface area contributed by atoms with Gasteiger partial charge in [0.05, 0.1) is 6.67 Å². The van der Waals surface area contributed by atoms with Gasteiger partial charge >= 0.3 is 0 Å². The van der Waals surface area contributed by atoms with E-state index in [1.54, 1.807) is 0 Å². The minimum atomic E-state index is -0.211. The van der Waals surface area contributed by atoms with Crippen molar-refractivity contribution in [2.45, 2.75) is 31.6 Å². The van der Waals surface area contributed by atoms with Crippen LogP contribution in [0.3, 0.4) is 0 Å². The smallest absolute Gasteiger partial charge is 0.0897 e. The lowest BCUT2D eigenvalue weighted by atomic mass is 9.89. The van der Waals surface area contributed by atoms with Crippen molar-refractivity contribution in [3.05, 3.63) is 35.4 Å². The Morgan fingerprint density at radius 3 is 2.81 bits per heavy atom. The zero-order valence-electron chi connectivity index (χ0n) is 9.71. The summed E-state index contributed by atoms with van der Waals surface area (Å²) in [4.78, 5) is 0. The summed E-state index contributed by atoms with van der Waals surface area (Å²) in [6.45, 7) is 2.04. The van der Waals surface area contributed by atoms with Gasteiger partial charge in [-0.1, -0.05) is 24.3 Å². The van der Waals surface area contributed by atoms with Crippen LogP contribution < -0.4 is 5.32 Å². The van der Waals surface area contributed by atoms with Crippen LogP contribution >= 0.6 is 0 Å². The van der Waals surface area contributed by atoms with Gasteiger partial charge in [0.2, 0.25) is 0 Å². The lowest BCUT2D eigenvalue weighted by Gasteiger charge is -2.23.